The zero-order valence-corrected chi connectivity index (χ0v) is 22.5. The van der Waals surface area contributed by atoms with Crippen molar-refractivity contribution in [3.63, 3.8) is 0 Å². The first kappa shape index (κ1) is 26.5. The summed E-state index contributed by atoms with van der Waals surface area (Å²) >= 11 is 0. The van der Waals surface area contributed by atoms with Crippen molar-refractivity contribution >= 4 is 35.6 Å². The Labute approximate surface area is 224 Å². The first-order chi connectivity index (χ1) is 18.2. The lowest BCUT2D eigenvalue weighted by Crippen LogP contribution is -2.48. The predicted octanol–water partition coefficient (Wildman–Crippen LogP) is 5.82. The van der Waals surface area contributed by atoms with E-state index in [-0.39, 0.29) is 28.7 Å². The first-order valence-corrected chi connectivity index (χ1v) is 12.4. The molecule has 3 aliphatic heterocycles. The minimum absolute atomic E-state index is 0.0201. The van der Waals surface area contributed by atoms with Crippen molar-refractivity contribution in [2.45, 2.75) is 58.5 Å². The van der Waals surface area contributed by atoms with E-state index in [1.807, 2.05) is 48.5 Å². The average molecular weight is 536 g/mol. The number of rotatable bonds is 3. The van der Waals surface area contributed by atoms with Crippen molar-refractivity contribution < 1.29 is 17.9 Å². The second-order valence-corrected chi connectivity index (χ2v) is 11.4. The van der Waals surface area contributed by atoms with Crippen LogP contribution in [0.15, 0.2) is 78.5 Å². The molecule has 5 rings (SSSR count). The quantitative estimate of drug-likeness (QED) is 0.496. The number of alkyl halides is 3. The van der Waals surface area contributed by atoms with Gasteiger partial charge in [-0.25, -0.2) is 4.90 Å². The van der Waals surface area contributed by atoms with Gasteiger partial charge < -0.3 is 4.74 Å². The van der Waals surface area contributed by atoms with Gasteiger partial charge in [-0.15, -0.1) is 0 Å². The number of nitrogens with zero attached hydrogens (tertiary/aromatic N) is 7. The highest BCUT2D eigenvalue weighted by atomic mass is 19.4. The molecule has 3 aliphatic rings. The molecule has 0 spiro atoms. The molecule has 0 aromatic heterocycles. The number of aliphatic imine (C=N–C) groups is 6. The Morgan fingerprint density at radius 2 is 1.00 bits per heavy atom. The molecule has 0 bridgehead atoms. The molecule has 0 atom stereocenters. The molecule has 0 aliphatic carbocycles. The van der Waals surface area contributed by atoms with E-state index in [9.17, 15) is 13.2 Å². The summed E-state index contributed by atoms with van der Waals surface area (Å²) < 4.78 is 43.4. The van der Waals surface area contributed by atoms with Crippen LogP contribution in [0.2, 0.25) is 0 Å². The van der Waals surface area contributed by atoms with Crippen LogP contribution >= 0.6 is 0 Å². The third-order valence-electron chi connectivity index (χ3n) is 6.20. The molecule has 0 radical (unpaired) electrons. The molecule has 0 N–H and O–H groups in total. The smallest absolute Gasteiger partial charge is 0.422 e. The van der Waals surface area contributed by atoms with Gasteiger partial charge in [-0.2, -0.15) is 43.1 Å². The van der Waals surface area contributed by atoms with Gasteiger partial charge in [-0.1, -0.05) is 90.1 Å². The second-order valence-electron chi connectivity index (χ2n) is 11.4. The highest BCUT2D eigenvalue weighted by Crippen LogP contribution is 2.26. The summed E-state index contributed by atoms with van der Waals surface area (Å²) in [5, 5.41) is 0. The monoisotopic (exact) mass is 535 g/mol. The van der Waals surface area contributed by atoms with Crippen molar-refractivity contribution in [2.75, 3.05) is 6.61 Å². The summed E-state index contributed by atoms with van der Waals surface area (Å²) in [4.78, 5) is 27.9. The Bertz CT molecular complexity index is 1420. The molecule has 0 saturated carbocycles. The molecule has 3 heterocycles. The van der Waals surface area contributed by atoms with Crippen LogP contribution < -0.4 is 0 Å². The number of guanidine groups is 3. The Morgan fingerprint density at radius 3 is 1.41 bits per heavy atom. The molecule has 0 unspecified atom stereocenters. The van der Waals surface area contributed by atoms with E-state index >= 15 is 0 Å². The topological polar surface area (TPSA) is 86.6 Å². The molecule has 8 nitrogen and oxygen atoms in total. The van der Waals surface area contributed by atoms with E-state index in [1.165, 1.54) is 4.90 Å². The zero-order chi connectivity index (χ0) is 28.2. The molecule has 202 valence electrons. The maximum atomic E-state index is 12.9. The molecular weight excluding hydrogens is 507 g/mol. The van der Waals surface area contributed by atoms with Gasteiger partial charge in [0, 0.05) is 11.1 Å². The Morgan fingerprint density at radius 1 is 0.590 bits per heavy atom. The molecule has 39 heavy (non-hydrogen) atoms. The normalized spacial score (nSPS) is 17.3. The average Bonchev–Trinajstić information content (AvgIpc) is 2.86. The molecule has 2 aromatic carbocycles. The Hall–Kier alpha value is -4.15. The van der Waals surface area contributed by atoms with Gasteiger partial charge in [0.1, 0.15) is 0 Å². The third kappa shape index (κ3) is 5.67. The van der Waals surface area contributed by atoms with E-state index in [0.717, 1.165) is 11.1 Å². The van der Waals surface area contributed by atoms with Gasteiger partial charge in [0.15, 0.2) is 18.3 Å². The van der Waals surface area contributed by atoms with Gasteiger partial charge in [0.2, 0.25) is 17.9 Å². The lowest BCUT2D eigenvalue weighted by molar-refractivity contribution is -0.156. The standard InChI is InChI=1S/C28H28F3N7O/c1-26(2,3)18-11-7-16(8-12-18)20-32-22-33-21(17-9-13-19(14-10-17)27(4,5)6)35-24-37-25(39-15-28(29,30)31)36-23(34-20)38(22)24/h7-14H,15H2,1-6H3. The van der Waals surface area contributed by atoms with Gasteiger partial charge in [-0.05, 0) is 22.0 Å². The highest BCUT2D eigenvalue weighted by Gasteiger charge is 2.37. The summed E-state index contributed by atoms with van der Waals surface area (Å²) in [7, 11) is 0. The Kier molecular flexibility index (Phi) is 6.27. The number of halogens is 3. The van der Waals surface area contributed by atoms with Crippen LogP contribution in [-0.4, -0.2) is 53.3 Å². The van der Waals surface area contributed by atoms with Crippen LogP contribution in [0.3, 0.4) is 0 Å². The lowest BCUT2D eigenvalue weighted by atomic mass is 9.86. The van der Waals surface area contributed by atoms with E-state index in [4.69, 9.17) is 4.74 Å². The number of benzene rings is 2. The molecular formula is C28H28F3N7O. The van der Waals surface area contributed by atoms with E-state index in [0.29, 0.717) is 22.8 Å². The van der Waals surface area contributed by atoms with Crippen LogP contribution in [0.1, 0.15) is 63.8 Å². The summed E-state index contributed by atoms with van der Waals surface area (Å²) in [5.41, 5.74) is 3.59. The Balaban J connectivity index is 1.58. The SMILES string of the molecule is CC(C)(C)c1ccc(C2=NC3=NC(OCC(F)(F)F)=NC4=NC(c5ccc(C(C)(C)C)cc5)=NC(=N2)N34)cc1. The fourth-order valence-electron chi connectivity index (χ4n) is 3.98. The fraction of sp³-hybridized carbons (Fsp3) is 0.357. The number of hydrogen-bond donors (Lipinski definition) is 0. The van der Waals surface area contributed by atoms with Crippen LogP contribution in [-0.2, 0) is 15.6 Å². The molecule has 2 aromatic rings. The maximum Gasteiger partial charge on any atom is 0.422 e. The summed E-state index contributed by atoms with van der Waals surface area (Å²) in [6, 6.07) is 15.1. The van der Waals surface area contributed by atoms with E-state index < -0.39 is 18.8 Å². The van der Waals surface area contributed by atoms with Crippen LogP contribution in [0.25, 0.3) is 0 Å². The minimum Gasteiger partial charge on any atom is -0.454 e. The highest BCUT2D eigenvalue weighted by molar-refractivity contribution is 6.32. The van der Waals surface area contributed by atoms with Crippen LogP contribution in [0.4, 0.5) is 13.2 Å². The maximum absolute atomic E-state index is 12.9. The van der Waals surface area contributed by atoms with Crippen LogP contribution in [0.5, 0.6) is 0 Å². The van der Waals surface area contributed by atoms with Gasteiger partial charge in [0.05, 0.1) is 0 Å². The molecule has 0 fully saturated rings. The summed E-state index contributed by atoms with van der Waals surface area (Å²) in [6.07, 6.45) is -4.56. The molecule has 11 heteroatoms. The lowest BCUT2D eigenvalue weighted by Gasteiger charge is -2.30. The summed E-state index contributed by atoms with van der Waals surface area (Å²) in [6.45, 7) is 11.1. The molecule has 0 amide bonds. The predicted molar refractivity (Wildman–Crippen MR) is 147 cm³/mol. The third-order valence-corrected chi connectivity index (χ3v) is 6.20. The van der Waals surface area contributed by atoms with Crippen molar-refractivity contribution in [3.8, 4) is 0 Å². The number of ether oxygens (including phenoxy) is 1. The van der Waals surface area contributed by atoms with Crippen molar-refractivity contribution in [1.29, 1.82) is 0 Å². The fourth-order valence-corrected chi connectivity index (χ4v) is 3.98. The molecule has 0 saturated heterocycles. The van der Waals surface area contributed by atoms with Crippen molar-refractivity contribution in [2.24, 2.45) is 30.0 Å². The van der Waals surface area contributed by atoms with Crippen molar-refractivity contribution in [1.82, 2.24) is 4.90 Å². The largest absolute Gasteiger partial charge is 0.454 e. The van der Waals surface area contributed by atoms with Gasteiger partial charge in [0.25, 0.3) is 0 Å². The second kappa shape index (κ2) is 9.25. The zero-order valence-electron chi connectivity index (χ0n) is 22.5. The number of hydrogen-bond acceptors (Lipinski definition) is 8. The van der Waals surface area contributed by atoms with Gasteiger partial charge in [-0.3, -0.25) is 0 Å². The van der Waals surface area contributed by atoms with E-state index in [1.54, 1.807) is 0 Å². The summed E-state index contributed by atoms with van der Waals surface area (Å²) in [5.74, 6) is 0.866. The minimum atomic E-state index is -4.56. The number of amidine groups is 3. The van der Waals surface area contributed by atoms with Crippen molar-refractivity contribution in [3.05, 3.63) is 70.8 Å². The van der Waals surface area contributed by atoms with Gasteiger partial charge >= 0.3 is 12.2 Å². The van der Waals surface area contributed by atoms with Crippen LogP contribution in [0, 0.1) is 0 Å². The van der Waals surface area contributed by atoms with E-state index in [2.05, 4.69) is 71.5 Å². The first-order valence-electron chi connectivity index (χ1n) is 12.4.